The van der Waals surface area contributed by atoms with Crippen LogP contribution in [0.1, 0.15) is 40.2 Å². The summed E-state index contributed by atoms with van der Waals surface area (Å²) in [7, 11) is 0. The maximum atomic E-state index is 5.99. The van der Waals surface area contributed by atoms with Crippen LogP contribution in [0.3, 0.4) is 0 Å². The lowest BCUT2D eigenvalue weighted by atomic mass is 10.2. The predicted molar refractivity (Wildman–Crippen MR) is 89.8 cm³/mol. The minimum absolute atomic E-state index is 0.316. The van der Waals surface area contributed by atoms with Gasteiger partial charge in [0, 0.05) is 19.6 Å². The highest BCUT2D eigenvalue weighted by molar-refractivity contribution is 6.42. The summed E-state index contributed by atoms with van der Waals surface area (Å²) in [5.74, 6) is 0. The Balaban J connectivity index is 0.000000829. The van der Waals surface area contributed by atoms with Crippen molar-refractivity contribution in [3.05, 3.63) is 33.8 Å². The Hall–Kier alpha value is -0.280. The summed E-state index contributed by atoms with van der Waals surface area (Å²) in [4.78, 5) is 2.37. The lowest BCUT2D eigenvalue weighted by molar-refractivity contribution is -0.0212. The van der Waals surface area contributed by atoms with Crippen molar-refractivity contribution < 1.29 is 4.74 Å². The summed E-state index contributed by atoms with van der Waals surface area (Å²) in [6.45, 7) is 13.8. The summed E-state index contributed by atoms with van der Waals surface area (Å²) in [6, 6.07) is 5.81. The molecule has 0 radical (unpaired) electrons. The van der Waals surface area contributed by atoms with Crippen molar-refractivity contribution in [1.29, 1.82) is 0 Å². The van der Waals surface area contributed by atoms with Gasteiger partial charge in [0.15, 0.2) is 0 Å². The maximum absolute atomic E-state index is 5.99. The fourth-order valence-corrected chi connectivity index (χ4v) is 2.25. The molecule has 1 aromatic rings. The summed E-state index contributed by atoms with van der Waals surface area (Å²) >= 11 is 11.9. The highest BCUT2D eigenvalue weighted by Gasteiger charge is 2.16. The molecular weight excluding hydrogens is 293 g/mol. The molecule has 20 heavy (non-hydrogen) atoms. The quantitative estimate of drug-likeness (QED) is 0.736. The van der Waals surface area contributed by atoms with Crippen molar-refractivity contribution in [2.75, 3.05) is 19.7 Å². The molecule has 1 aromatic carbocycles. The Morgan fingerprint density at radius 1 is 1.15 bits per heavy atom. The van der Waals surface area contributed by atoms with Gasteiger partial charge in [-0.3, -0.25) is 4.90 Å². The SMILES string of the molecule is CC.CC.CC1CN(Cc2ccc(Cl)c(Cl)c2)CCO1. The van der Waals surface area contributed by atoms with Crippen molar-refractivity contribution in [2.24, 2.45) is 0 Å². The number of nitrogens with zero attached hydrogens (tertiary/aromatic N) is 1. The van der Waals surface area contributed by atoms with E-state index >= 15 is 0 Å². The van der Waals surface area contributed by atoms with Crippen molar-refractivity contribution in [2.45, 2.75) is 47.3 Å². The van der Waals surface area contributed by atoms with Gasteiger partial charge in [0.2, 0.25) is 0 Å². The number of hydrogen-bond acceptors (Lipinski definition) is 2. The number of benzene rings is 1. The smallest absolute Gasteiger partial charge is 0.0674 e. The first-order valence-electron chi connectivity index (χ1n) is 7.43. The zero-order valence-corrected chi connectivity index (χ0v) is 14.8. The Labute approximate surface area is 134 Å². The van der Waals surface area contributed by atoms with Crippen LogP contribution in [0.15, 0.2) is 18.2 Å². The minimum atomic E-state index is 0.316. The van der Waals surface area contributed by atoms with E-state index in [0.29, 0.717) is 16.1 Å². The molecule has 0 aromatic heterocycles. The largest absolute Gasteiger partial charge is 0.376 e. The van der Waals surface area contributed by atoms with Gasteiger partial charge < -0.3 is 4.74 Å². The van der Waals surface area contributed by atoms with Crippen LogP contribution in [0.25, 0.3) is 0 Å². The van der Waals surface area contributed by atoms with Gasteiger partial charge >= 0.3 is 0 Å². The first-order valence-corrected chi connectivity index (χ1v) is 8.18. The molecule has 0 spiro atoms. The van der Waals surface area contributed by atoms with Gasteiger partial charge in [0.25, 0.3) is 0 Å². The normalized spacial score (nSPS) is 18.4. The summed E-state index contributed by atoms with van der Waals surface area (Å²) in [6.07, 6.45) is 0.316. The Morgan fingerprint density at radius 2 is 1.80 bits per heavy atom. The third-order valence-electron chi connectivity index (χ3n) is 2.72. The standard InChI is InChI=1S/C12H15Cl2NO.2C2H6/c1-9-7-15(4-5-16-9)8-10-2-3-11(13)12(14)6-10;2*1-2/h2-3,6,9H,4-5,7-8H2,1H3;2*1-2H3. The second-order valence-corrected chi connectivity index (χ2v) is 4.98. The summed E-state index contributed by atoms with van der Waals surface area (Å²) < 4.78 is 5.50. The van der Waals surface area contributed by atoms with E-state index < -0.39 is 0 Å². The molecular formula is C16H27Cl2NO. The number of morpholine rings is 1. The molecule has 1 saturated heterocycles. The number of halogens is 2. The monoisotopic (exact) mass is 319 g/mol. The van der Waals surface area contributed by atoms with E-state index in [9.17, 15) is 0 Å². The van der Waals surface area contributed by atoms with Crippen LogP contribution in [-0.2, 0) is 11.3 Å². The van der Waals surface area contributed by atoms with Gasteiger partial charge in [-0.25, -0.2) is 0 Å². The molecule has 2 rings (SSSR count). The van der Waals surface area contributed by atoms with Crippen molar-refractivity contribution in [3.8, 4) is 0 Å². The van der Waals surface area contributed by atoms with Crippen molar-refractivity contribution >= 4 is 23.2 Å². The molecule has 0 aliphatic carbocycles. The zero-order valence-electron chi connectivity index (χ0n) is 13.2. The van der Waals surface area contributed by atoms with Crippen LogP contribution < -0.4 is 0 Å². The molecule has 116 valence electrons. The van der Waals surface area contributed by atoms with Gasteiger partial charge in [-0.2, -0.15) is 0 Å². The molecule has 1 atom stereocenters. The van der Waals surface area contributed by atoms with E-state index in [-0.39, 0.29) is 0 Å². The highest BCUT2D eigenvalue weighted by Crippen LogP contribution is 2.23. The van der Waals surface area contributed by atoms with Crippen LogP contribution in [0.4, 0.5) is 0 Å². The van der Waals surface area contributed by atoms with Crippen LogP contribution >= 0.6 is 23.2 Å². The van der Waals surface area contributed by atoms with E-state index in [1.165, 1.54) is 5.56 Å². The molecule has 0 bridgehead atoms. The fourth-order valence-electron chi connectivity index (χ4n) is 1.93. The number of ether oxygens (including phenoxy) is 1. The van der Waals surface area contributed by atoms with Gasteiger partial charge in [-0.15, -0.1) is 0 Å². The molecule has 1 aliphatic rings. The fraction of sp³-hybridized carbons (Fsp3) is 0.625. The van der Waals surface area contributed by atoms with Gasteiger partial charge in [0.05, 0.1) is 22.8 Å². The predicted octanol–water partition coefficient (Wildman–Crippen LogP) is 5.27. The molecule has 0 N–H and O–H groups in total. The second kappa shape index (κ2) is 11.4. The van der Waals surface area contributed by atoms with Crippen LogP contribution in [0.2, 0.25) is 10.0 Å². The first kappa shape index (κ1) is 19.7. The molecule has 1 aliphatic heterocycles. The number of rotatable bonds is 2. The molecule has 1 heterocycles. The van der Waals surface area contributed by atoms with E-state index in [4.69, 9.17) is 27.9 Å². The van der Waals surface area contributed by atoms with Crippen LogP contribution in [0.5, 0.6) is 0 Å². The van der Waals surface area contributed by atoms with E-state index in [0.717, 1.165) is 26.2 Å². The number of hydrogen-bond donors (Lipinski definition) is 0. The first-order chi connectivity index (χ1) is 9.65. The molecule has 0 saturated carbocycles. The summed E-state index contributed by atoms with van der Waals surface area (Å²) in [5.41, 5.74) is 1.20. The van der Waals surface area contributed by atoms with Gasteiger partial charge in [-0.05, 0) is 24.6 Å². The van der Waals surface area contributed by atoms with Crippen LogP contribution in [0, 0.1) is 0 Å². The molecule has 0 amide bonds. The Bertz CT molecular complexity index is 371. The molecule has 1 fully saturated rings. The van der Waals surface area contributed by atoms with E-state index in [2.05, 4.69) is 11.8 Å². The van der Waals surface area contributed by atoms with Crippen molar-refractivity contribution in [1.82, 2.24) is 4.90 Å². The van der Waals surface area contributed by atoms with E-state index in [1.54, 1.807) is 0 Å². The van der Waals surface area contributed by atoms with Crippen LogP contribution in [-0.4, -0.2) is 30.7 Å². The lowest BCUT2D eigenvalue weighted by Gasteiger charge is -2.31. The zero-order chi connectivity index (χ0) is 15.5. The molecule has 2 nitrogen and oxygen atoms in total. The maximum Gasteiger partial charge on any atom is 0.0674 e. The van der Waals surface area contributed by atoms with E-state index in [1.807, 2.05) is 45.9 Å². The summed E-state index contributed by atoms with van der Waals surface area (Å²) in [5, 5.41) is 1.24. The van der Waals surface area contributed by atoms with Gasteiger partial charge in [-0.1, -0.05) is 57.0 Å². The Morgan fingerprint density at radius 3 is 2.35 bits per heavy atom. The lowest BCUT2D eigenvalue weighted by Crippen LogP contribution is -2.40. The second-order valence-electron chi connectivity index (χ2n) is 4.16. The average molecular weight is 320 g/mol. The van der Waals surface area contributed by atoms with Gasteiger partial charge in [0.1, 0.15) is 0 Å². The van der Waals surface area contributed by atoms with Crippen molar-refractivity contribution in [3.63, 3.8) is 0 Å². The molecule has 4 heteroatoms. The molecule has 1 unspecified atom stereocenters. The minimum Gasteiger partial charge on any atom is -0.376 e. The average Bonchev–Trinajstić information content (AvgIpc) is 2.47. The third-order valence-corrected chi connectivity index (χ3v) is 3.45. The highest BCUT2D eigenvalue weighted by atomic mass is 35.5. The topological polar surface area (TPSA) is 12.5 Å². The Kier molecular flexibility index (Phi) is 11.2. The third kappa shape index (κ3) is 6.94.